The minimum absolute atomic E-state index is 0.0222. The summed E-state index contributed by atoms with van der Waals surface area (Å²) in [6, 6.07) is 17.0. The standard InChI is InChI=1S/C29H25BrClNO5/c1-3-5-14-36-23-12-6-17(15-24(23)35-4-2)26-25-27(33)21-16-19(31)9-13-22(21)37-28(25)29(34)32(26)20-10-7-18(30)8-11-20/h6-13,15-16,26H,3-5,14H2,1-2H3. The molecule has 37 heavy (non-hydrogen) atoms. The number of fused-ring (bicyclic) bond motifs is 2. The lowest BCUT2D eigenvalue weighted by Crippen LogP contribution is -2.29. The first kappa shape index (κ1) is 25.4. The summed E-state index contributed by atoms with van der Waals surface area (Å²) < 4.78 is 18.8. The Morgan fingerprint density at radius 2 is 1.76 bits per heavy atom. The molecule has 1 aliphatic heterocycles. The zero-order valence-corrected chi connectivity index (χ0v) is 22.8. The summed E-state index contributed by atoms with van der Waals surface area (Å²) in [7, 11) is 0. The number of carbonyl (C=O) groups excluding carboxylic acids is 1. The quantitative estimate of drug-likeness (QED) is 0.201. The molecular formula is C29H25BrClNO5. The van der Waals surface area contributed by atoms with Gasteiger partial charge in [0, 0.05) is 15.2 Å². The third kappa shape index (κ3) is 4.74. The first-order valence-corrected chi connectivity index (χ1v) is 13.3. The predicted octanol–water partition coefficient (Wildman–Crippen LogP) is 7.54. The van der Waals surface area contributed by atoms with Crippen LogP contribution in [0.3, 0.4) is 0 Å². The minimum atomic E-state index is -0.729. The molecule has 0 aliphatic carbocycles. The Morgan fingerprint density at radius 1 is 0.973 bits per heavy atom. The Morgan fingerprint density at radius 3 is 2.49 bits per heavy atom. The Balaban J connectivity index is 1.71. The van der Waals surface area contributed by atoms with Gasteiger partial charge in [0.15, 0.2) is 16.9 Å². The Hall–Kier alpha value is -3.29. The number of amides is 1. The molecule has 0 radical (unpaired) electrons. The Labute approximate surface area is 227 Å². The van der Waals surface area contributed by atoms with Gasteiger partial charge in [0.1, 0.15) is 5.58 Å². The summed E-state index contributed by atoms with van der Waals surface area (Å²) in [4.78, 5) is 29.2. The highest BCUT2D eigenvalue weighted by Crippen LogP contribution is 2.43. The summed E-state index contributed by atoms with van der Waals surface area (Å²) in [5, 5.41) is 0.740. The molecule has 5 rings (SSSR count). The molecule has 0 N–H and O–H groups in total. The van der Waals surface area contributed by atoms with Gasteiger partial charge in [-0.1, -0.05) is 46.9 Å². The topological polar surface area (TPSA) is 69.0 Å². The maximum Gasteiger partial charge on any atom is 0.295 e. The molecule has 1 aliphatic rings. The largest absolute Gasteiger partial charge is 0.490 e. The predicted molar refractivity (Wildman–Crippen MR) is 148 cm³/mol. The zero-order chi connectivity index (χ0) is 26.1. The van der Waals surface area contributed by atoms with E-state index in [1.54, 1.807) is 23.1 Å². The van der Waals surface area contributed by atoms with Gasteiger partial charge in [-0.2, -0.15) is 0 Å². The lowest BCUT2D eigenvalue weighted by molar-refractivity contribution is 0.0971. The fourth-order valence-electron chi connectivity index (χ4n) is 4.54. The van der Waals surface area contributed by atoms with Crippen molar-refractivity contribution in [3.63, 3.8) is 0 Å². The van der Waals surface area contributed by atoms with Crippen molar-refractivity contribution < 1.29 is 18.7 Å². The molecule has 6 nitrogen and oxygen atoms in total. The van der Waals surface area contributed by atoms with E-state index in [2.05, 4.69) is 22.9 Å². The number of nitrogens with zero attached hydrogens (tertiary/aromatic N) is 1. The maximum absolute atomic E-state index is 13.8. The Bertz CT molecular complexity index is 1530. The number of carbonyl (C=O) groups is 1. The van der Waals surface area contributed by atoms with Gasteiger partial charge in [-0.15, -0.1) is 0 Å². The summed E-state index contributed by atoms with van der Waals surface area (Å²) in [5.41, 5.74) is 1.62. The number of hydrogen-bond donors (Lipinski definition) is 0. The van der Waals surface area contributed by atoms with Gasteiger partial charge in [0.25, 0.3) is 5.91 Å². The molecule has 1 atom stereocenters. The zero-order valence-electron chi connectivity index (χ0n) is 20.4. The van der Waals surface area contributed by atoms with E-state index in [4.69, 9.17) is 25.5 Å². The van der Waals surface area contributed by atoms with Crippen LogP contribution in [0.1, 0.15) is 54.4 Å². The van der Waals surface area contributed by atoms with E-state index in [-0.39, 0.29) is 16.8 Å². The highest BCUT2D eigenvalue weighted by atomic mass is 79.9. The second-order valence-electron chi connectivity index (χ2n) is 8.71. The average Bonchev–Trinajstić information content (AvgIpc) is 3.18. The molecule has 4 aromatic rings. The second kappa shape index (κ2) is 10.6. The first-order chi connectivity index (χ1) is 17.9. The number of hydrogen-bond acceptors (Lipinski definition) is 5. The molecule has 8 heteroatoms. The van der Waals surface area contributed by atoms with Crippen LogP contribution in [-0.2, 0) is 0 Å². The molecule has 2 heterocycles. The summed E-state index contributed by atoms with van der Waals surface area (Å²) in [6.07, 6.45) is 1.94. The molecule has 0 spiro atoms. The smallest absolute Gasteiger partial charge is 0.295 e. The molecule has 0 fully saturated rings. The van der Waals surface area contributed by atoms with Crippen LogP contribution in [0.15, 0.2) is 74.3 Å². The molecular weight excluding hydrogens is 558 g/mol. The molecule has 0 saturated heterocycles. The number of halogens is 2. The fraction of sp³-hybridized carbons (Fsp3) is 0.241. The van der Waals surface area contributed by atoms with E-state index in [1.807, 2.05) is 49.4 Å². The van der Waals surface area contributed by atoms with Gasteiger partial charge in [0.2, 0.25) is 5.76 Å². The van der Waals surface area contributed by atoms with Crippen LogP contribution in [0.25, 0.3) is 11.0 Å². The molecule has 0 bridgehead atoms. The number of ether oxygens (including phenoxy) is 2. The van der Waals surface area contributed by atoms with E-state index in [1.165, 1.54) is 0 Å². The summed E-state index contributed by atoms with van der Waals surface area (Å²) in [5.74, 6) is 0.809. The van der Waals surface area contributed by atoms with Crippen LogP contribution in [0.4, 0.5) is 5.69 Å². The second-order valence-corrected chi connectivity index (χ2v) is 10.1. The Kier molecular flexibility index (Phi) is 7.26. The lowest BCUT2D eigenvalue weighted by Gasteiger charge is -2.26. The summed E-state index contributed by atoms with van der Waals surface area (Å²) in [6.45, 7) is 5.01. The first-order valence-electron chi connectivity index (χ1n) is 12.2. The van der Waals surface area contributed by atoms with Gasteiger partial charge in [0.05, 0.1) is 30.2 Å². The van der Waals surface area contributed by atoms with Crippen molar-refractivity contribution in [3.8, 4) is 11.5 Å². The highest BCUT2D eigenvalue weighted by Gasteiger charge is 2.44. The van der Waals surface area contributed by atoms with E-state index in [9.17, 15) is 9.59 Å². The van der Waals surface area contributed by atoms with Crippen molar-refractivity contribution in [2.75, 3.05) is 18.1 Å². The molecule has 3 aromatic carbocycles. The summed E-state index contributed by atoms with van der Waals surface area (Å²) >= 11 is 9.65. The van der Waals surface area contributed by atoms with Crippen LogP contribution in [0.5, 0.6) is 11.5 Å². The molecule has 1 aromatic heterocycles. The van der Waals surface area contributed by atoms with Crippen LogP contribution in [0, 0.1) is 0 Å². The molecule has 1 unspecified atom stereocenters. The van der Waals surface area contributed by atoms with Crippen molar-refractivity contribution in [2.24, 2.45) is 0 Å². The van der Waals surface area contributed by atoms with E-state index in [0.717, 1.165) is 17.3 Å². The third-order valence-electron chi connectivity index (χ3n) is 6.28. The van der Waals surface area contributed by atoms with E-state index < -0.39 is 11.9 Å². The van der Waals surface area contributed by atoms with Gasteiger partial charge in [-0.25, -0.2) is 0 Å². The number of anilines is 1. The van der Waals surface area contributed by atoms with Crippen LogP contribution in [-0.4, -0.2) is 19.1 Å². The van der Waals surface area contributed by atoms with Crippen LogP contribution in [0.2, 0.25) is 5.02 Å². The van der Waals surface area contributed by atoms with Gasteiger partial charge < -0.3 is 13.9 Å². The monoisotopic (exact) mass is 581 g/mol. The highest BCUT2D eigenvalue weighted by molar-refractivity contribution is 9.10. The number of rotatable bonds is 8. The van der Waals surface area contributed by atoms with Gasteiger partial charge in [-0.3, -0.25) is 14.5 Å². The normalized spacial score (nSPS) is 14.8. The minimum Gasteiger partial charge on any atom is -0.490 e. The third-order valence-corrected chi connectivity index (χ3v) is 7.04. The van der Waals surface area contributed by atoms with Crippen LogP contribution < -0.4 is 19.8 Å². The van der Waals surface area contributed by atoms with Crippen molar-refractivity contribution in [2.45, 2.75) is 32.7 Å². The van der Waals surface area contributed by atoms with Crippen molar-refractivity contribution in [3.05, 3.63) is 97.3 Å². The van der Waals surface area contributed by atoms with Crippen molar-refractivity contribution in [1.29, 1.82) is 0 Å². The van der Waals surface area contributed by atoms with Crippen molar-refractivity contribution >= 4 is 50.1 Å². The molecule has 190 valence electrons. The maximum atomic E-state index is 13.8. The molecule has 0 saturated carbocycles. The van der Waals surface area contributed by atoms with Crippen molar-refractivity contribution in [1.82, 2.24) is 0 Å². The SMILES string of the molecule is CCCCOc1ccc(C2c3c(oc4ccc(Cl)cc4c3=O)C(=O)N2c2ccc(Br)cc2)cc1OCC. The lowest BCUT2D eigenvalue weighted by atomic mass is 9.97. The molecule has 1 amide bonds. The average molecular weight is 583 g/mol. The van der Waals surface area contributed by atoms with Crippen LogP contribution >= 0.6 is 27.5 Å². The van der Waals surface area contributed by atoms with E-state index in [0.29, 0.717) is 52.0 Å². The number of benzene rings is 3. The number of unbranched alkanes of at least 4 members (excludes halogenated alkanes) is 1. The fourth-order valence-corrected chi connectivity index (χ4v) is 4.97. The van der Waals surface area contributed by atoms with Gasteiger partial charge >= 0.3 is 0 Å². The van der Waals surface area contributed by atoms with Gasteiger partial charge in [-0.05, 0) is 73.5 Å². The van der Waals surface area contributed by atoms with E-state index >= 15 is 0 Å².